The summed E-state index contributed by atoms with van der Waals surface area (Å²) in [4.78, 5) is 0. The van der Waals surface area contributed by atoms with Crippen LogP contribution in [0, 0.1) is 12.7 Å². The zero-order chi connectivity index (χ0) is 13.2. The zero-order valence-electron chi connectivity index (χ0n) is 11.0. The van der Waals surface area contributed by atoms with Gasteiger partial charge in [-0.3, -0.25) is 0 Å². The predicted octanol–water partition coefficient (Wildman–Crippen LogP) is 3.25. The summed E-state index contributed by atoms with van der Waals surface area (Å²) in [5.74, 6) is -0.224. The summed E-state index contributed by atoms with van der Waals surface area (Å²) in [6.45, 7) is 9.35. The normalized spacial score (nSPS) is 15.7. The summed E-state index contributed by atoms with van der Waals surface area (Å²) in [7, 11) is 0. The van der Waals surface area contributed by atoms with E-state index < -0.39 is 11.4 Å². The highest BCUT2D eigenvalue weighted by molar-refractivity contribution is 7.90. The van der Waals surface area contributed by atoms with Gasteiger partial charge in [0.2, 0.25) is 0 Å². The van der Waals surface area contributed by atoms with E-state index in [0.717, 1.165) is 5.56 Å². The lowest BCUT2D eigenvalue weighted by Crippen LogP contribution is -2.40. The molecular formula is C13H20FNOS. The highest BCUT2D eigenvalue weighted by atomic mass is 32.2. The van der Waals surface area contributed by atoms with Crippen LogP contribution in [0.15, 0.2) is 18.2 Å². The fourth-order valence-corrected chi connectivity index (χ4v) is 2.30. The molecule has 0 saturated carbocycles. The van der Waals surface area contributed by atoms with Crippen LogP contribution in [0.1, 0.15) is 44.9 Å². The first-order valence-corrected chi connectivity index (χ1v) is 6.81. The van der Waals surface area contributed by atoms with E-state index >= 15 is 0 Å². The highest BCUT2D eigenvalue weighted by Crippen LogP contribution is 2.23. The lowest BCUT2D eigenvalue weighted by Gasteiger charge is -2.27. The highest BCUT2D eigenvalue weighted by Gasteiger charge is 2.28. The number of benzene rings is 1. The van der Waals surface area contributed by atoms with E-state index in [9.17, 15) is 8.94 Å². The maximum atomic E-state index is 13.4. The van der Waals surface area contributed by atoms with Crippen LogP contribution in [0.5, 0.6) is 0 Å². The number of rotatable bonds is 3. The molecule has 2 nitrogen and oxygen atoms in total. The van der Waals surface area contributed by atoms with Gasteiger partial charge in [0.25, 0.3) is 0 Å². The Morgan fingerprint density at radius 2 is 1.94 bits per heavy atom. The zero-order valence-corrected chi connectivity index (χ0v) is 11.8. The third-order valence-corrected chi connectivity index (χ3v) is 4.30. The maximum absolute atomic E-state index is 13.4. The molecule has 96 valence electrons. The van der Waals surface area contributed by atoms with Gasteiger partial charge in [-0.2, -0.15) is 0 Å². The molecule has 1 N–H and O–H groups in total. The first-order valence-electron chi connectivity index (χ1n) is 5.66. The van der Waals surface area contributed by atoms with Crippen LogP contribution < -0.4 is 4.72 Å². The van der Waals surface area contributed by atoms with E-state index in [4.69, 9.17) is 0 Å². The van der Waals surface area contributed by atoms with Crippen molar-refractivity contribution >= 4 is 11.4 Å². The van der Waals surface area contributed by atoms with Crippen LogP contribution in [0.3, 0.4) is 0 Å². The Kier molecular flexibility index (Phi) is 4.58. The first-order chi connectivity index (χ1) is 7.73. The molecule has 1 aromatic rings. The van der Waals surface area contributed by atoms with E-state index in [1.165, 1.54) is 6.07 Å². The van der Waals surface area contributed by atoms with Gasteiger partial charge in [0.1, 0.15) is 10.6 Å². The fourth-order valence-electron chi connectivity index (χ4n) is 1.49. The van der Waals surface area contributed by atoms with Crippen LogP contribution in [-0.4, -0.2) is 9.30 Å². The third kappa shape index (κ3) is 3.69. The van der Waals surface area contributed by atoms with Gasteiger partial charge >= 0.3 is 0 Å². The van der Waals surface area contributed by atoms with E-state index in [0.29, 0.717) is 5.56 Å². The molecule has 4 heteroatoms. The molecule has 0 amide bonds. The van der Waals surface area contributed by atoms with Gasteiger partial charge in [-0.15, -0.1) is 4.72 Å². The Balaban J connectivity index is 2.84. The molecule has 0 aliphatic heterocycles. The Labute approximate surface area is 106 Å². The lowest BCUT2D eigenvalue weighted by molar-refractivity contribution is 0.529. The first kappa shape index (κ1) is 14.5. The van der Waals surface area contributed by atoms with Crippen LogP contribution >= 0.6 is 0 Å². The second-order valence-electron chi connectivity index (χ2n) is 5.17. The molecule has 0 fully saturated rings. The summed E-state index contributed by atoms with van der Waals surface area (Å²) in [5, 5.41) is 0. The van der Waals surface area contributed by atoms with Gasteiger partial charge in [0.05, 0.1) is 6.04 Å². The Bertz CT molecular complexity index is 389. The monoisotopic (exact) mass is 257 g/mol. The molecule has 0 aliphatic carbocycles. The SMILES string of the molecule is Cc1c(F)cccc1[C@@H](C)N[S+]([O-])C(C)(C)C. The molecule has 0 aromatic heterocycles. The summed E-state index contributed by atoms with van der Waals surface area (Å²) >= 11 is -1.16. The molecule has 0 bridgehead atoms. The largest absolute Gasteiger partial charge is 0.598 e. The second kappa shape index (κ2) is 5.38. The van der Waals surface area contributed by atoms with Crippen molar-refractivity contribution in [3.05, 3.63) is 35.1 Å². The second-order valence-corrected chi connectivity index (χ2v) is 7.17. The quantitative estimate of drug-likeness (QED) is 0.844. The molecule has 0 heterocycles. The molecule has 0 spiro atoms. The average Bonchev–Trinajstić information content (AvgIpc) is 2.20. The Hall–Kier alpha value is -0.580. The molecule has 0 radical (unpaired) electrons. The van der Waals surface area contributed by atoms with Gasteiger partial charge in [-0.25, -0.2) is 4.39 Å². The Morgan fingerprint density at radius 1 is 1.35 bits per heavy atom. The smallest absolute Gasteiger partial charge is 0.136 e. The van der Waals surface area contributed by atoms with E-state index in [1.54, 1.807) is 13.0 Å². The summed E-state index contributed by atoms with van der Waals surface area (Å²) in [6.07, 6.45) is 0. The Morgan fingerprint density at radius 3 is 2.47 bits per heavy atom. The predicted molar refractivity (Wildman–Crippen MR) is 70.6 cm³/mol. The summed E-state index contributed by atoms with van der Waals surface area (Å²) in [5.41, 5.74) is 1.46. The standard InChI is InChI=1S/C13H20FNOS/c1-9-11(7-6-8-12(9)14)10(2)15-17(16)13(3,4)5/h6-8,10,15H,1-5H3/t10-,17?/m1/s1. The number of nitrogens with one attached hydrogen (secondary N) is 1. The summed E-state index contributed by atoms with van der Waals surface area (Å²) < 4.78 is 28.0. The lowest BCUT2D eigenvalue weighted by atomic mass is 10.0. The molecular weight excluding hydrogens is 237 g/mol. The molecule has 0 aliphatic rings. The summed E-state index contributed by atoms with van der Waals surface area (Å²) in [6, 6.07) is 4.84. The minimum atomic E-state index is -1.16. The minimum Gasteiger partial charge on any atom is -0.598 e. The van der Waals surface area contributed by atoms with Crippen molar-refractivity contribution in [3.8, 4) is 0 Å². The van der Waals surface area contributed by atoms with Crippen molar-refractivity contribution in [1.82, 2.24) is 4.72 Å². The maximum Gasteiger partial charge on any atom is 0.136 e. The number of hydrogen-bond acceptors (Lipinski definition) is 2. The minimum absolute atomic E-state index is 0.134. The number of halogens is 1. The average molecular weight is 257 g/mol. The van der Waals surface area contributed by atoms with Crippen molar-refractivity contribution in [2.45, 2.75) is 45.4 Å². The molecule has 2 atom stereocenters. The molecule has 1 unspecified atom stereocenters. The van der Waals surface area contributed by atoms with Crippen molar-refractivity contribution in [2.24, 2.45) is 0 Å². The van der Waals surface area contributed by atoms with Crippen molar-refractivity contribution in [2.75, 3.05) is 0 Å². The fraction of sp³-hybridized carbons (Fsp3) is 0.538. The van der Waals surface area contributed by atoms with Gasteiger partial charge in [0, 0.05) is 11.4 Å². The van der Waals surface area contributed by atoms with E-state index in [2.05, 4.69) is 4.72 Å². The van der Waals surface area contributed by atoms with Gasteiger partial charge < -0.3 is 4.55 Å². The van der Waals surface area contributed by atoms with Crippen LogP contribution in [0.4, 0.5) is 4.39 Å². The van der Waals surface area contributed by atoms with Crippen molar-refractivity contribution in [3.63, 3.8) is 0 Å². The van der Waals surface area contributed by atoms with E-state index in [-0.39, 0.29) is 16.6 Å². The number of hydrogen-bond donors (Lipinski definition) is 1. The molecule has 17 heavy (non-hydrogen) atoms. The van der Waals surface area contributed by atoms with Gasteiger partial charge in [-0.1, -0.05) is 12.1 Å². The van der Waals surface area contributed by atoms with Gasteiger partial charge in [-0.05, 0) is 51.8 Å². The van der Waals surface area contributed by atoms with Gasteiger partial charge in [0.15, 0.2) is 0 Å². The molecule has 0 saturated heterocycles. The van der Waals surface area contributed by atoms with Crippen LogP contribution in [-0.2, 0) is 11.4 Å². The van der Waals surface area contributed by atoms with Crippen molar-refractivity contribution < 1.29 is 8.94 Å². The topological polar surface area (TPSA) is 35.1 Å². The van der Waals surface area contributed by atoms with Crippen LogP contribution in [0.25, 0.3) is 0 Å². The van der Waals surface area contributed by atoms with Crippen molar-refractivity contribution in [1.29, 1.82) is 0 Å². The molecule has 1 rings (SSSR count). The molecule has 1 aromatic carbocycles. The van der Waals surface area contributed by atoms with Crippen LogP contribution in [0.2, 0.25) is 0 Å². The van der Waals surface area contributed by atoms with E-state index in [1.807, 2.05) is 33.8 Å². The third-order valence-electron chi connectivity index (χ3n) is 2.62.